The van der Waals surface area contributed by atoms with Gasteiger partial charge in [-0.25, -0.2) is 13.1 Å². The molecule has 2 N–H and O–H groups in total. The average Bonchev–Trinajstić information content (AvgIpc) is 2.99. The Kier molecular flexibility index (Phi) is 7.20. The topological polar surface area (TPSA) is 111 Å². The SMILES string of the molecule is COc1cc([N+](=O)[O-])ccc1S(=O)(=O)NCC[C@H]1CCCN1.Cl. The molecule has 0 aromatic heterocycles. The number of nitrogens with zero attached hydrogens (tertiary/aromatic N) is 1. The van der Waals surface area contributed by atoms with Crippen molar-refractivity contribution in [2.24, 2.45) is 0 Å². The molecule has 1 aliphatic heterocycles. The second kappa shape index (κ2) is 8.44. The molecule has 0 radical (unpaired) electrons. The minimum atomic E-state index is -3.76. The van der Waals surface area contributed by atoms with E-state index in [2.05, 4.69) is 10.0 Å². The van der Waals surface area contributed by atoms with Crippen LogP contribution in [0.25, 0.3) is 0 Å². The number of non-ortho nitro benzene ring substituents is 1. The lowest BCUT2D eigenvalue weighted by atomic mass is 10.2. The summed E-state index contributed by atoms with van der Waals surface area (Å²) < 4.78 is 32.0. The average molecular weight is 366 g/mol. The van der Waals surface area contributed by atoms with E-state index in [1.165, 1.54) is 13.2 Å². The third-order valence-corrected chi connectivity index (χ3v) is 5.10. The van der Waals surface area contributed by atoms with Crippen molar-refractivity contribution in [3.63, 3.8) is 0 Å². The van der Waals surface area contributed by atoms with Crippen molar-refractivity contribution in [2.45, 2.75) is 30.2 Å². The molecule has 1 aromatic carbocycles. The molecule has 0 amide bonds. The number of hydrogen-bond donors (Lipinski definition) is 2. The highest BCUT2D eigenvalue weighted by molar-refractivity contribution is 7.89. The molecule has 8 nitrogen and oxygen atoms in total. The maximum atomic E-state index is 12.3. The number of sulfonamides is 1. The normalized spacial score (nSPS) is 17.5. The van der Waals surface area contributed by atoms with Crippen molar-refractivity contribution < 1.29 is 18.1 Å². The zero-order chi connectivity index (χ0) is 16.2. The third kappa shape index (κ3) is 5.03. The summed E-state index contributed by atoms with van der Waals surface area (Å²) in [5.74, 6) is -0.0410. The van der Waals surface area contributed by atoms with Gasteiger partial charge in [0.15, 0.2) is 0 Å². The summed E-state index contributed by atoms with van der Waals surface area (Å²) in [6.45, 7) is 1.27. The largest absolute Gasteiger partial charge is 0.495 e. The highest BCUT2D eigenvalue weighted by Gasteiger charge is 2.22. The standard InChI is InChI=1S/C13H19N3O5S.ClH/c1-21-12-9-11(16(17)18)4-5-13(12)22(19,20)15-8-6-10-3-2-7-14-10;/h4-5,9-10,14-15H,2-3,6-8H2,1H3;1H/t10-;/m1./s1. The van der Waals surface area contributed by atoms with Crippen LogP contribution in [0.15, 0.2) is 23.1 Å². The fourth-order valence-electron chi connectivity index (χ4n) is 2.44. The van der Waals surface area contributed by atoms with E-state index < -0.39 is 14.9 Å². The van der Waals surface area contributed by atoms with Crippen molar-refractivity contribution in [2.75, 3.05) is 20.2 Å². The Hall–Kier alpha value is -1.42. The van der Waals surface area contributed by atoms with Crippen LogP contribution in [0.2, 0.25) is 0 Å². The molecular weight excluding hydrogens is 346 g/mol. The highest BCUT2D eigenvalue weighted by atomic mass is 35.5. The predicted octanol–water partition coefficient (Wildman–Crippen LogP) is 1.45. The van der Waals surface area contributed by atoms with Crippen LogP contribution in [-0.2, 0) is 10.0 Å². The number of ether oxygens (including phenoxy) is 1. The van der Waals surface area contributed by atoms with E-state index in [1.807, 2.05) is 0 Å². The van der Waals surface area contributed by atoms with Crippen molar-refractivity contribution in [3.8, 4) is 5.75 Å². The van der Waals surface area contributed by atoms with E-state index in [0.717, 1.165) is 31.5 Å². The fourth-order valence-corrected chi connectivity index (χ4v) is 3.64. The number of nitro benzene ring substituents is 1. The van der Waals surface area contributed by atoms with Gasteiger partial charge in [0.2, 0.25) is 10.0 Å². The van der Waals surface area contributed by atoms with E-state index in [-0.39, 0.29) is 28.7 Å². The molecule has 0 unspecified atom stereocenters. The number of methoxy groups -OCH3 is 1. The first kappa shape index (κ1) is 19.6. The van der Waals surface area contributed by atoms with Gasteiger partial charge in [-0.05, 0) is 31.9 Å². The third-order valence-electron chi connectivity index (χ3n) is 3.59. The van der Waals surface area contributed by atoms with Gasteiger partial charge < -0.3 is 10.1 Å². The van der Waals surface area contributed by atoms with E-state index in [4.69, 9.17) is 4.74 Å². The monoisotopic (exact) mass is 365 g/mol. The molecule has 1 fully saturated rings. The lowest BCUT2D eigenvalue weighted by Crippen LogP contribution is -2.30. The summed E-state index contributed by atoms with van der Waals surface area (Å²) in [5, 5.41) is 14.0. The molecule has 0 saturated carbocycles. The van der Waals surface area contributed by atoms with E-state index in [0.29, 0.717) is 19.0 Å². The van der Waals surface area contributed by atoms with Crippen LogP contribution in [0.3, 0.4) is 0 Å². The first-order valence-corrected chi connectivity index (χ1v) is 8.48. The van der Waals surface area contributed by atoms with E-state index in [1.54, 1.807) is 0 Å². The van der Waals surface area contributed by atoms with Crippen LogP contribution in [-0.4, -0.2) is 39.6 Å². The first-order chi connectivity index (χ1) is 10.4. The van der Waals surface area contributed by atoms with Gasteiger partial charge in [-0.3, -0.25) is 10.1 Å². The number of halogens is 1. The zero-order valence-corrected chi connectivity index (χ0v) is 14.3. The molecule has 1 aliphatic rings. The summed E-state index contributed by atoms with van der Waals surface area (Å²) in [4.78, 5) is 10.0. The summed E-state index contributed by atoms with van der Waals surface area (Å²) >= 11 is 0. The van der Waals surface area contributed by atoms with E-state index in [9.17, 15) is 18.5 Å². The second-order valence-corrected chi connectivity index (χ2v) is 6.81. The molecule has 1 saturated heterocycles. The first-order valence-electron chi connectivity index (χ1n) is 6.99. The number of nitro groups is 1. The van der Waals surface area contributed by atoms with E-state index >= 15 is 0 Å². The number of rotatable bonds is 7. The lowest BCUT2D eigenvalue weighted by molar-refractivity contribution is -0.385. The predicted molar refractivity (Wildman–Crippen MR) is 87.7 cm³/mol. The molecule has 2 rings (SSSR count). The Morgan fingerprint density at radius 1 is 1.48 bits per heavy atom. The minimum Gasteiger partial charge on any atom is -0.495 e. The lowest BCUT2D eigenvalue weighted by Gasteiger charge is -2.13. The molecule has 0 aliphatic carbocycles. The van der Waals surface area contributed by atoms with Crippen molar-refractivity contribution in [3.05, 3.63) is 28.3 Å². The van der Waals surface area contributed by atoms with Crippen LogP contribution in [0.5, 0.6) is 5.75 Å². The van der Waals surface area contributed by atoms with Gasteiger partial charge in [0, 0.05) is 18.7 Å². The number of nitrogens with one attached hydrogen (secondary N) is 2. The number of hydrogen-bond acceptors (Lipinski definition) is 6. The maximum absolute atomic E-state index is 12.3. The van der Waals surface area contributed by atoms with Crippen LogP contribution >= 0.6 is 12.4 Å². The molecule has 130 valence electrons. The van der Waals surface area contributed by atoms with Gasteiger partial charge in [-0.15, -0.1) is 12.4 Å². The minimum absolute atomic E-state index is 0. The Balaban J connectivity index is 0.00000264. The van der Waals surface area contributed by atoms with Gasteiger partial charge in [0.05, 0.1) is 18.1 Å². The fraction of sp³-hybridized carbons (Fsp3) is 0.538. The Labute approximate surface area is 141 Å². The smallest absolute Gasteiger partial charge is 0.273 e. The quantitative estimate of drug-likeness (QED) is 0.558. The van der Waals surface area contributed by atoms with Gasteiger partial charge in [-0.1, -0.05) is 0 Å². The van der Waals surface area contributed by atoms with Crippen LogP contribution < -0.4 is 14.8 Å². The van der Waals surface area contributed by atoms with Crippen molar-refractivity contribution in [1.82, 2.24) is 10.0 Å². The molecule has 10 heteroatoms. The van der Waals surface area contributed by atoms with Gasteiger partial charge in [-0.2, -0.15) is 0 Å². The molecular formula is C13H20ClN3O5S. The zero-order valence-electron chi connectivity index (χ0n) is 12.6. The van der Waals surface area contributed by atoms with Crippen molar-refractivity contribution >= 4 is 28.1 Å². The molecule has 23 heavy (non-hydrogen) atoms. The van der Waals surface area contributed by atoms with Crippen LogP contribution in [0.1, 0.15) is 19.3 Å². The van der Waals surface area contributed by atoms with Crippen molar-refractivity contribution in [1.29, 1.82) is 0 Å². The second-order valence-electron chi connectivity index (χ2n) is 5.07. The summed E-state index contributed by atoms with van der Waals surface area (Å²) in [6.07, 6.45) is 2.85. The summed E-state index contributed by atoms with van der Waals surface area (Å²) in [5.41, 5.74) is -0.217. The van der Waals surface area contributed by atoms with Gasteiger partial charge in [0.25, 0.3) is 5.69 Å². The highest BCUT2D eigenvalue weighted by Crippen LogP contribution is 2.28. The Bertz CT molecular complexity index is 647. The summed E-state index contributed by atoms with van der Waals surface area (Å²) in [7, 11) is -2.48. The number of benzene rings is 1. The van der Waals surface area contributed by atoms with Crippen LogP contribution in [0, 0.1) is 10.1 Å². The Morgan fingerprint density at radius 3 is 2.78 bits per heavy atom. The molecule has 1 aromatic rings. The molecule has 0 bridgehead atoms. The maximum Gasteiger partial charge on any atom is 0.273 e. The van der Waals surface area contributed by atoms with Gasteiger partial charge >= 0.3 is 0 Å². The molecule has 1 heterocycles. The molecule has 0 spiro atoms. The van der Waals surface area contributed by atoms with Gasteiger partial charge in [0.1, 0.15) is 10.6 Å². The summed E-state index contributed by atoms with van der Waals surface area (Å²) in [6, 6.07) is 3.77. The van der Waals surface area contributed by atoms with Crippen LogP contribution in [0.4, 0.5) is 5.69 Å². The molecule has 1 atom stereocenters. The Morgan fingerprint density at radius 2 is 2.22 bits per heavy atom.